The molecule has 114 valence electrons. The van der Waals surface area contributed by atoms with Gasteiger partial charge in [-0.05, 0) is 36.9 Å². The number of aliphatic hydroxyl groups is 1. The Kier molecular flexibility index (Phi) is 7.73. The summed E-state index contributed by atoms with van der Waals surface area (Å²) in [6.45, 7) is 3.88. The minimum Gasteiger partial charge on any atom is -0.493 e. The fourth-order valence-corrected chi connectivity index (χ4v) is 2.26. The van der Waals surface area contributed by atoms with Gasteiger partial charge in [0.2, 0.25) is 0 Å². The van der Waals surface area contributed by atoms with Crippen LogP contribution in [0.15, 0.2) is 12.1 Å². The van der Waals surface area contributed by atoms with E-state index in [9.17, 15) is 0 Å². The van der Waals surface area contributed by atoms with Crippen molar-refractivity contribution in [1.29, 1.82) is 0 Å². The number of halogens is 1. The highest BCUT2D eigenvalue weighted by molar-refractivity contribution is 6.33. The summed E-state index contributed by atoms with van der Waals surface area (Å²) < 4.78 is 10.5. The molecule has 0 radical (unpaired) electrons. The van der Waals surface area contributed by atoms with Gasteiger partial charge in [-0.3, -0.25) is 0 Å². The second kappa shape index (κ2) is 9.06. The van der Waals surface area contributed by atoms with Crippen LogP contribution in [0.4, 0.5) is 0 Å². The first-order valence-corrected chi connectivity index (χ1v) is 7.22. The lowest BCUT2D eigenvalue weighted by molar-refractivity contribution is 0.228. The van der Waals surface area contributed by atoms with Crippen LogP contribution in [0.3, 0.4) is 0 Å². The fourth-order valence-electron chi connectivity index (χ4n) is 1.96. The summed E-state index contributed by atoms with van der Waals surface area (Å²) >= 11 is 6.30. The molecule has 1 rings (SSSR count). The molecule has 1 atom stereocenters. The van der Waals surface area contributed by atoms with Gasteiger partial charge in [-0.25, -0.2) is 0 Å². The van der Waals surface area contributed by atoms with E-state index in [0.29, 0.717) is 29.0 Å². The summed E-state index contributed by atoms with van der Waals surface area (Å²) in [6.07, 6.45) is 2.05. The Labute approximate surface area is 126 Å². The van der Waals surface area contributed by atoms with Crippen LogP contribution in [0.1, 0.15) is 25.3 Å². The second-order valence-electron chi connectivity index (χ2n) is 4.88. The Morgan fingerprint density at radius 2 is 2.05 bits per heavy atom. The maximum Gasteiger partial charge on any atom is 0.179 e. The molecule has 0 fully saturated rings. The Bertz CT molecular complexity index is 412. The largest absolute Gasteiger partial charge is 0.493 e. The third kappa shape index (κ3) is 4.85. The summed E-state index contributed by atoms with van der Waals surface area (Å²) in [5, 5.41) is 12.9. The van der Waals surface area contributed by atoms with Gasteiger partial charge in [0.15, 0.2) is 11.5 Å². The predicted octanol–water partition coefficient (Wildman–Crippen LogP) is 2.86. The monoisotopic (exact) mass is 301 g/mol. The lowest BCUT2D eigenvalue weighted by atomic mass is 10.1. The van der Waals surface area contributed by atoms with Crippen molar-refractivity contribution in [3.05, 3.63) is 22.7 Å². The molecule has 20 heavy (non-hydrogen) atoms. The van der Waals surface area contributed by atoms with Gasteiger partial charge in [0.05, 0.1) is 19.2 Å². The zero-order valence-corrected chi connectivity index (χ0v) is 13.2. The zero-order chi connectivity index (χ0) is 15.0. The van der Waals surface area contributed by atoms with Crippen LogP contribution < -0.4 is 14.8 Å². The number of aliphatic hydroxyl groups excluding tert-OH is 1. The maximum atomic E-state index is 8.95. The van der Waals surface area contributed by atoms with Crippen molar-refractivity contribution in [3.63, 3.8) is 0 Å². The molecule has 0 aliphatic carbocycles. The van der Waals surface area contributed by atoms with Gasteiger partial charge >= 0.3 is 0 Å². The molecular weight excluding hydrogens is 278 g/mol. The first-order valence-electron chi connectivity index (χ1n) is 6.85. The summed E-state index contributed by atoms with van der Waals surface area (Å²) in [5.74, 6) is 1.57. The summed E-state index contributed by atoms with van der Waals surface area (Å²) in [7, 11) is 3.17. The van der Waals surface area contributed by atoms with Gasteiger partial charge in [0.25, 0.3) is 0 Å². The molecule has 2 N–H and O–H groups in total. The zero-order valence-electron chi connectivity index (χ0n) is 12.4. The van der Waals surface area contributed by atoms with Crippen molar-refractivity contribution in [3.8, 4) is 11.5 Å². The van der Waals surface area contributed by atoms with Crippen LogP contribution in [0.25, 0.3) is 0 Å². The number of nitrogens with one attached hydrogen (secondary N) is 1. The van der Waals surface area contributed by atoms with Gasteiger partial charge in [0, 0.05) is 13.2 Å². The Morgan fingerprint density at radius 1 is 1.30 bits per heavy atom. The molecule has 0 aliphatic rings. The van der Waals surface area contributed by atoms with E-state index in [1.54, 1.807) is 14.2 Å². The van der Waals surface area contributed by atoms with Crippen molar-refractivity contribution in [2.24, 2.45) is 5.92 Å². The SMILES string of the molecule is COc1ccc(CNCCCC(C)CO)c(Cl)c1OC. The minimum absolute atomic E-state index is 0.251. The van der Waals surface area contributed by atoms with E-state index in [2.05, 4.69) is 5.32 Å². The molecule has 0 spiro atoms. The highest BCUT2D eigenvalue weighted by Crippen LogP contribution is 2.37. The second-order valence-corrected chi connectivity index (χ2v) is 5.26. The third-order valence-electron chi connectivity index (χ3n) is 3.24. The number of rotatable bonds is 9. The van der Waals surface area contributed by atoms with Crippen molar-refractivity contribution < 1.29 is 14.6 Å². The molecule has 0 amide bonds. The van der Waals surface area contributed by atoms with E-state index < -0.39 is 0 Å². The number of benzene rings is 1. The van der Waals surface area contributed by atoms with Crippen molar-refractivity contribution in [1.82, 2.24) is 5.32 Å². The number of hydrogen-bond acceptors (Lipinski definition) is 4. The Hall–Kier alpha value is -0.970. The van der Waals surface area contributed by atoms with Gasteiger partial charge in [-0.1, -0.05) is 24.6 Å². The highest BCUT2D eigenvalue weighted by Gasteiger charge is 2.12. The maximum absolute atomic E-state index is 8.95. The van der Waals surface area contributed by atoms with E-state index >= 15 is 0 Å². The Morgan fingerprint density at radius 3 is 2.65 bits per heavy atom. The normalized spacial score (nSPS) is 12.2. The van der Waals surface area contributed by atoms with Crippen LogP contribution in [-0.4, -0.2) is 32.5 Å². The van der Waals surface area contributed by atoms with E-state index in [-0.39, 0.29) is 6.61 Å². The van der Waals surface area contributed by atoms with Crippen molar-refractivity contribution in [2.45, 2.75) is 26.3 Å². The van der Waals surface area contributed by atoms with E-state index in [0.717, 1.165) is 24.9 Å². The molecular formula is C15H24ClNO3. The third-order valence-corrected chi connectivity index (χ3v) is 3.66. The molecule has 0 aliphatic heterocycles. The van der Waals surface area contributed by atoms with E-state index in [1.807, 2.05) is 19.1 Å². The van der Waals surface area contributed by atoms with Crippen LogP contribution in [0.2, 0.25) is 5.02 Å². The molecule has 0 saturated heterocycles. The topological polar surface area (TPSA) is 50.7 Å². The van der Waals surface area contributed by atoms with Gasteiger partial charge in [-0.2, -0.15) is 0 Å². The molecule has 1 aromatic carbocycles. The van der Waals surface area contributed by atoms with Crippen LogP contribution in [-0.2, 0) is 6.54 Å². The van der Waals surface area contributed by atoms with E-state index in [1.165, 1.54) is 0 Å². The van der Waals surface area contributed by atoms with Gasteiger partial charge < -0.3 is 19.9 Å². The van der Waals surface area contributed by atoms with Gasteiger partial charge in [-0.15, -0.1) is 0 Å². The molecule has 0 saturated carbocycles. The smallest absolute Gasteiger partial charge is 0.179 e. The summed E-state index contributed by atoms with van der Waals surface area (Å²) in [6, 6.07) is 3.79. The number of ether oxygens (including phenoxy) is 2. The van der Waals surface area contributed by atoms with Crippen molar-refractivity contribution in [2.75, 3.05) is 27.4 Å². The lowest BCUT2D eigenvalue weighted by Crippen LogP contribution is -2.16. The predicted molar refractivity (Wildman–Crippen MR) is 81.7 cm³/mol. The average Bonchev–Trinajstić information content (AvgIpc) is 2.47. The fraction of sp³-hybridized carbons (Fsp3) is 0.600. The van der Waals surface area contributed by atoms with Crippen LogP contribution in [0, 0.1) is 5.92 Å². The molecule has 1 aromatic rings. The minimum atomic E-state index is 0.251. The average molecular weight is 302 g/mol. The van der Waals surface area contributed by atoms with E-state index in [4.69, 9.17) is 26.2 Å². The van der Waals surface area contributed by atoms with Crippen LogP contribution in [0.5, 0.6) is 11.5 Å². The number of methoxy groups -OCH3 is 2. The molecule has 5 heteroatoms. The van der Waals surface area contributed by atoms with Crippen molar-refractivity contribution >= 4 is 11.6 Å². The lowest BCUT2D eigenvalue weighted by Gasteiger charge is -2.13. The summed E-state index contributed by atoms with van der Waals surface area (Å²) in [5.41, 5.74) is 0.986. The molecule has 0 heterocycles. The quantitative estimate of drug-likeness (QED) is 0.689. The van der Waals surface area contributed by atoms with Crippen LogP contribution >= 0.6 is 11.6 Å². The molecule has 4 nitrogen and oxygen atoms in total. The van der Waals surface area contributed by atoms with Gasteiger partial charge in [0.1, 0.15) is 0 Å². The molecule has 0 bridgehead atoms. The standard InChI is InChI=1S/C15H24ClNO3/c1-11(10-18)5-4-8-17-9-12-6-7-13(19-2)15(20-3)14(12)16/h6-7,11,17-18H,4-5,8-10H2,1-3H3. The highest BCUT2D eigenvalue weighted by atomic mass is 35.5. The first kappa shape index (κ1) is 17.1. The first-order chi connectivity index (χ1) is 9.63. The number of hydrogen-bond donors (Lipinski definition) is 2. The Balaban J connectivity index is 2.48. The molecule has 0 aromatic heterocycles. The molecule has 1 unspecified atom stereocenters. The summed E-state index contributed by atoms with van der Waals surface area (Å²) in [4.78, 5) is 0.